The minimum atomic E-state index is -0.0759. The number of aromatic nitrogens is 1. The second-order valence-corrected chi connectivity index (χ2v) is 9.81. The number of fused-ring (bicyclic) bond motifs is 2. The first-order valence-corrected chi connectivity index (χ1v) is 11.9. The van der Waals surface area contributed by atoms with Crippen molar-refractivity contribution in [3.05, 3.63) is 57.7 Å². The molecule has 1 amide bonds. The Morgan fingerprint density at radius 3 is 2.50 bits per heavy atom. The summed E-state index contributed by atoms with van der Waals surface area (Å²) in [7, 11) is 0. The van der Waals surface area contributed by atoms with Crippen molar-refractivity contribution < 1.29 is 4.79 Å². The number of halogens is 2. The average molecular weight is 470 g/mol. The maximum Gasteiger partial charge on any atom is 0.223 e. The lowest BCUT2D eigenvalue weighted by atomic mass is 10.0. The molecule has 2 unspecified atom stereocenters. The number of nitrogens with one attached hydrogen (secondary N) is 1. The van der Waals surface area contributed by atoms with Gasteiger partial charge in [0.1, 0.15) is 11.9 Å². The number of carbonyl (C=O) groups is 1. The van der Waals surface area contributed by atoms with Crippen molar-refractivity contribution in [2.24, 2.45) is 0 Å². The van der Waals surface area contributed by atoms with Gasteiger partial charge < -0.3 is 15.1 Å². The molecule has 2 bridgehead atoms. The summed E-state index contributed by atoms with van der Waals surface area (Å²) in [6.45, 7) is 2.11. The highest BCUT2D eigenvalue weighted by Crippen LogP contribution is 2.46. The number of hydrogen-bond acceptors (Lipinski definition) is 5. The molecule has 2 atom stereocenters. The molecule has 2 aromatic rings. The van der Waals surface area contributed by atoms with Crippen LogP contribution in [0.5, 0.6) is 0 Å². The van der Waals surface area contributed by atoms with Crippen LogP contribution in [0, 0.1) is 11.3 Å². The summed E-state index contributed by atoms with van der Waals surface area (Å²) in [5.41, 5.74) is 1.63. The van der Waals surface area contributed by atoms with Crippen LogP contribution >= 0.6 is 23.2 Å². The third-order valence-corrected chi connectivity index (χ3v) is 7.74. The van der Waals surface area contributed by atoms with Crippen LogP contribution in [-0.4, -0.2) is 47.5 Å². The van der Waals surface area contributed by atoms with Crippen molar-refractivity contribution in [2.45, 2.75) is 49.7 Å². The molecule has 2 aliphatic heterocycles. The van der Waals surface area contributed by atoms with E-state index in [0.717, 1.165) is 50.2 Å². The summed E-state index contributed by atoms with van der Waals surface area (Å²) in [5, 5.41) is 13.7. The minimum absolute atomic E-state index is 0.0759. The third-order valence-electron chi connectivity index (χ3n) is 7.00. The number of amides is 1. The molecule has 3 aliphatic rings. The quantitative estimate of drug-likeness (QED) is 0.688. The number of nitrogens with zero attached hydrogens (tertiary/aromatic N) is 4. The molecule has 6 nitrogen and oxygen atoms in total. The van der Waals surface area contributed by atoms with Crippen LogP contribution in [-0.2, 0) is 10.3 Å². The third kappa shape index (κ3) is 4.05. The van der Waals surface area contributed by atoms with Gasteiger partial charge in [0.25, 0.3) is 0 Å². The molecule has 3 fully saturated rings. The number of piperazine rings is 1. The summed E-state index contributed by atoms with van der Waals surface area (Å²) in [5.74, 6) is 1.11. The van der Waals surface area contributed by atoms with Gasteiger partial charge in [0.05, 0.1) is 15.6 Å². The van der Waals surface area contributed by atoms with Crippen LogP contribution in [0.3, 0.4) is 0 Å². The second kappa shape index (κ2) is 8.55. The highest BCUT2D eigenvalue weighted by atomic mass is 35.5. The zero-order valence-electron chi connectivity index (χ0n) is 17.7. The molecule has 1 aromatic carbocycles. The van der Waals surface area contributed by atoms with E-state index in [1.165, 1.54) is 0 Å². The normalized spacial score (nSPS) is 23.2. The van der Waals surface area contributed by atoms with E-state index < -0.39 is 0 Å². The lowest BCUT2D eigenvalue weighted by Gasteiger charge is -2.42. The summed E-state index contributed by atoms with van der Waals surface area (Å²) in [6, 6.07) is 12.2. The standard InChI is InChI=1S/C24H25Cl2N5O/c25-20-5-2-17(11-21(20)26)24(8-9-24)29-10-7-23(32)30-14-18-3-4-19(15-30)31(18)22-6-1-16(12-27)13-28-22/h1-2,5-6,11,13,18-19,29H,3-4,7-10,14-15H2. The van der Waals surface area contributed by atoms with E-state index in [0.29, 0.717) is 28.6 Å². The van der Waals surface area contributed by atoms with Crippen molar-refractivity contribution >= 4 is 34.9 Å². The van der Waals surface area contributed by atoms with Crippen LogP contribution in [0.1, 0.15) is 43.2 Å². The number of carbonyl (C=O) groups excluding carboxylic acids is 1. The monoisotopic (exact) mass is 469 g/mol. The van der Waals surface area contributed by atoms with Crippen LogP contribution in [0.2, 0.25) is 10.0 Å². The highest BCUT2D eigenvalue weighted by molar-refractivity contribution is 6.42. The van der Waals surface area contributed by atoms with Gasteiger partial charge in [-0.1, -0.05) is 29.3 Å². The fraction of sp³-hybridized carbons (Fsp3) is 0.458. The van der Waals surface area contributed by atoms with E-state index in [1.807, 2.05) is 35.2 Å². The van der Waals surface area contributed by atoms with E-state index in [-0.39, 0.29) is 23.5 Å². The van der Waals surface area contributed by atoms with Crippen molar-refractivity contribution in [1.29, 1.82) is 5.26 Å². The molecule has 1 saturated carbocycles. The number of pyridine rings is 1. The number of benzene rings is 1. The van der Waals surface area contributed by atoms with Crippen LogP contribution < -0.4 is 10.2 Å². The molecule has 166 valence electrons. The Bertz CT molecular complexity index is 1050. The maximum absolute atomic E-state index is 13.0. The molecule has 0 spiro atoms. The smallest absolute Gasteiger partial charge is 0.223 e. The average Bonchev–Trinajstić information content (AvgIpc) is 3.55. The number of rotatable bonds is 6. The van der Waals surface area contributed by atoms with Crippen molar-refractivity contribution in [3.63, 3.8) is 0 Å². The summed E-state index contributed by atoms with van der Waals surface area (Å²) in [4.78, 5) is 21.8. The second-order valence-electron chi connectivity index (χ2n) is 9.00. The molecule has 1 aromatic heterocycles. The molecule has 1 aliphatic carbocycles. The Balaban J connectivity index is 1.16. The Labute approximate surface area is 198 Å². The molecule has 2 saturated heterocycles. The number of hydrogen-bond donors (Lipinski definition) is 1. The van der Waals surface area contributed by atoms with E-state index in [1.54, 1.807) is 6.20 Å². The van der Waals surface area contributed by atoms with Crippen LogP contribution in [0.25, 0.3) is 0 Å². The maximum atomic E-state index is 13.0. The summed E-state index contributed by atoms with van der Waals surface area (Å²) < 4.78 is 0. The lowest BCUT2D eigenvalue weighted by molar-refractivity contribution is -0.132. The molecule has 8 heteroatoms. The zero-order valence-corrected chi connectivity index (χ0v) is 19.2. The molecule has 0 radical (unpaired) electrons. The van der Waals surface area contributed by atoms with E-state index in [9.17, 15) is 4.79 Å². The molecular formula is C24H25Cl2N5O. The molecule has 32 heavy (non-hydrogen) atoms. The molecule has 1 N–H and O–H groups in total. The Morgan fingerprint density at radius 1 is 1.16 bits per heavy atom. The molecular weight excluding hydrogens is 445 g/mol. The summed E-state index contributed by atoms with van der Waals surface area (Å²) >= 11 is 12.2. The fourth-order valence-electron chi connectivity index (χ4n) is 5.14. The van der Waals surface area contributed by atoms with Gasteiger partial charge in [0.15, 0.2) is 0 Å². The first-order chi connectivity index (χ1) is 15.5. The van der Waals surface area contributed by atoms with Gasteiger partial charge in [0.2, 0.25) is 5.91 Å². The molecule has 3 heterocycles. The van der Waals surface area contributed by atoms with Gasteiger partial charge in [-0.05, 0) is 55.5 Å². The first-order valence-electron chi connectivity index (χ1n) is 11.1. The largest absolute Gasteiger partial charge is 0.347 e. The lowest BCUT2D eigenvalue weighted by Crippen LogP contribution is -2.56. The number of anilines is 1. The Hall–Kier alpha value is -2.33. The van der Waals surface area contributed by atoms with Crippen molar-refractivity contribution in [1.82, 2.24) is 15.2 Å². The minimum Gasteiger partial charge on any atom is -0.347 e. The Morgan fingerprint density at radius 2 is 1.91 bits per heavy atom. The number of nitriles is 1. The first kappa shape index (κ1) is 21.5. The van der Waals surface area contributed by atoms with Crippen molar-refractivity contribution in [3.8, 4) is 6.07 Å². The van der Waals surface area contributed by atoms with Gasteiger partial charge in [-0.25, -0.2) is 4.98 Å². The topological polar surface area (TPSA) is 72.3 Å². The van der Waals surface area contributed by atoms with Gasteiger partial charge in [-0.2, -0.15) is 5.26 Å². The van der Waals surface area contributed by atoms with Gasteiger partial charge in [-0.15, -0.1) is 0 Å². The van der Waals surface area contributed by atoms with E-state index >= 15 is 0 Å². The van der Waals surface area contributed by atoms with Crippen molar-refractivity contribution in [2.75, 3.05) is 24.5 Å². The fourth-order valence-corrected chi connectivity index (χ4v) is 5.44. The van der Waals surface area contributed by atoms with Gasteiger partial charge >= 0.3 is 0 Å². The van der Waals surface area contributed by atoms with E-state index in [2.05, 4.69) is 21.3 Å². The number of likely N-dealkylation sites (tertiary alicyclic amines) is 1. The highest BCUT2D eigenvalue weighted by Gasteiger charge is 2.45. The van der Waals surface area contributed by atoms with Gasteiger partial charge in [0, 0.05) is 49.9 Å². The van der Waals surface area contributed by atoms with Gasteiger partial charge in [-0.3, -0.25) is 4.79 Å². The van der Waals surface area contributed by atoms with Crippen LogP contribution in [0.4, 0.5) is 5.82 Å². The predicted molar refractivity (Wildman–Crippen MR) is 125 cm³/mol. The SMILES string of the molecule is N#Cc1ccc(N2C3CCC2CN(C(=O)CCNC2(c4ccc(Cl)c(Cl)c4)CC2)C3)nc1. The van der Waals surface area contributed by atoms with E-state index in [4.69, 9.17) is 28.5 Å². The zero-order chi connectivity index (χ0) is 22.3. The van der Waals surface area contributed by atoms with Crippen LogP contribution in [0.15, 0.2) is 36.5 Å². The summed E-state index contributed by atoms with van der Waals surface area (Å²) in [6.07, 6.45) is 6.32. The molecule has 5 rings (SSSR count). The predicted octanol–water partition coefficient (Wildman–Crippen LogP) is 4.11. The Kier molecular flexibility index (Phi) is 5.75.